The molecule has 15 heavy (non-hydrogen) atoms. The lowest BCUT2D eigenvalue weighted by Gasteiger charge is -2.22. The van der Waals surface area contributed by atoms with Crippen LogP contribution in [-0.2, 0) is 0 Å². The normalized spacial score (nSPS) is 20.6. The minimum absolute atomic E-state index is 0.0572. The van der Waals surface area contributed by atoms with Crippen LogP contribution in [0.2, 0.25) is 0 Å². The van der Waals surface area contributed by atoms with Crippen LogP contribution in [0.4, 0.5) is 9.18 Å². The molecule has 0 bridgehead atoms. The maximum atomic E-state index is 13.0. The van der Waals surface area contributed by atoms with E-state index in [2.05, 4.69) is 0 Å². The number of carbonyl (C=O) groups excluding carboxylic acids is 1. The van der Waals surface area contributed by atoms with Crippen molar-refractivity contribution >= 4 is 6.03 Å². The van der Waals surface area contributed by atoms with E-state index < -0.39 is 6.03 Å². The van der Waals surface area contributed by atoms with Crippen LogP contribution in [-0.4, -0.2) is 17.5 Å². The monoisotopic (exact) mass is 208 g/mol. The largest absolute Gasteiger partial charge is 0.351 e. The molecule has 80 valence electrons. The summed E-state index contributed by atoms with van der Waals surface area (Å²) >= 11 is 0. The van der Waals surface area contributed by atoms with Crippen molar-refractivity contribution in [1.29, 1.82) is 0 Å². The van der Waals surface area contributed by atoms with Gasteiger partial charge >= 0.3 is 6.03 Å². The standard InChI is InChI=1S/C11H13FN2O/c12-9-4-1-3-8(7-9)10-5-2-6-14(10)11(13)15/h1,3-4,7,10H,2,5-6H2,(H2,13,15). The van der Waals surface area contributed by atoms with Crippen molar-refractivity contribution in [3.05, 3.63) is 35.6 Å². The van der Waals surface area contributed by atoms with Crippen LogP contribution in [0.25, 0.3) is 0 Å². The Kier molecular flexibility index (Phi) is 2.58. The van der Waals surface area contributed by atoms with Crippen molar-refractivity contribution in [2.24, 2.45) is 5.73 Å². The van der Waals surface area contributed by atoms with Crippen molar-refractivity contribution in [1.82, 2.24) is 4.90 Å². The number of primary amides is 1. The molecule has 2 rings (SSSR count). The minimum Gasteiger partial charge on any atom is -0.351 e. The average molecular weight is 208 g/mol. The van der Waals surface area contributed by atoms with Gasteiger partial charge in [0.15, 0.2) is 0 Å². The molecule has 0 saturated carbocycles. The average Bonchev–Trinajstić information content (AvgIpc) is 2.65. The van der Waals surface area contributed by atoms with Gasteiger partial charge in [-0.15, -0.1) is 0 Å². The Morgan fingerprint density at radius 1 is 1.53 bits per heavy atom. The van der Waals surface area contributed by atoms with Gasteiger partial charge in [0.2, 0.25) is 0 Å². The Bertz CT molecular complexity index is 381. The highest BCUT2D eigenvalue weighted by Gasteiger charge is 2.28. The van der Waals surface area contributed by atoms with Gasteiger partial charge < -0.3 is 10.6 Å². The van der Waals surface area contributed by atoms with E-state index in [-0.39, 0.29) is 11.9 Å². The number of nitrogens with zero attached hydrogens (tertiary/aromatic N) is 1. The zero-order chi connectivity index (χ0) is 10.8. The Morgan fingerprint density at radius 2 is 2.33 bits per heavy atom. The molecule has 1 unspecified atom stereocenters. The van der Waals surface area contributed by atoms with E-state index in [0.29, 0.717) is 6.54 Å². The van der Waals surface area contributed by atoms with Crippen molar-refractivity contribution in [2.45, 2.75) is 18.9 Å². The lowest BCUT2D eigenvalue weighted by molar-refractivity contribution is 0.203. The fourth-order valence-corrected chi connectivity index (χ4v) is 2.09. The number of likely N-dealkylation sites (tertiary alicyclic amines) is 1. The van der Waals surface area contributed by atoms with E-state index in [1.807, 2.05) is 6.07 Å². The van der Waals surface area contributed by atoms with Crippen LogP contribution in [0.1, 0.15) is 24.4 Å². The Balaban J connectivity index is 2.26. The third-order valence-electron chi connectivity index (χ3n) is 2.77. The lowest BCUT2D eigenvalue weighted by Crippen LogP contribution is -2.35. The molecule has 0 aromatic heterocycles. The third kappa shape index (κ3) is 1.93. The third-order valence-corrected chi connectivity index (χ3v) is 2.77. The summed E-state index contributed by atoms with van der Waals surface area (Å²) in [5, 5.41) is 0. The molecule has 1 aliphatic heterocycles. The van der Waals surface area contributed by atoms with Crippen molar-refractivity contribution in [2.75, 3.05) is 6.54 Å². The molecule has 2 N–H and O–H groups in total. The topological polar surface area (TPSA) is 46.3 Å². The van der Waals surface area contributed by atoms with Crippen molar-refractivity contribution in [3.8, 4) is 0 Å². The second-order valence-electron chi connectivity index (χ2n) is 3.74. The predicted octanol–water partition coefficient (Wildman–Crippen LogP) is 2.04. The van der Waals surface area contributed by atoms with Crippen LogP contribution in [0.3, 0.4) is 0 Å². The lowest BCUT2D eigenvalue weighted by atomic mass is 10.0. The zero-order valence-corrected chi connectivity index (χ0v) is 8.32. The first kappa shape index (κ1) is 9.96. The van der Waals surface area contributed by atoms with Crippen LogP contribution >= 0.6 is 0 Å². The summed E-state index contributed by atoms with van der Waals surface area (Å²) in [5.74, 6) is -0.274. The van der Waals surface area contributed by atoms with Crippen molar-refractivity contribution in [3.63, 3.8) is 0 Å². The van der Waals surface area contributed by atoms with Crippen LogP contribution in [0, 0.1) is 5.82 Å². The first-order chi connectivity index (χ1) is 7.18. The molecule has 0 spiro atoms. The number of nitrogens with two attached hydrogens (primary N) is 1. The Hall–Kier alpha value is -1.58. The first-order valence-electron chi connectivity index (χ1n) is 5.00. The predicted molar refractivity (Wildman–Crippen MR) is 54.7 cm³/mol. The summed E-state index contributed by atoms with van der Waals surface area (Å²) in [6.45, 7) is 0.663. The highest BCUT2D eigenvalue weighted by atomic mass is 19.1. The fourth-order valence-electron chi connectivity index (χ4n) is 2.09. The van der Waals surface area contributed by atoms with Gasteiger partial charge in [0.05, 0.1) is 6.04 Å². The number of hydrogen-bond donors (Lipinski definition) is 1. The summed E-state index contributed by atoms with van der Waals surface area (Å²) in [6.07, 6.45) is 1.77. The van der Waals surface area contributed by atoms with Crippen LogP contribution in [0.5, 0.6) is 0 Å². The smallest absolute Gasteiger partial charge is 0.315 e. The molecule has 1 saturated heterocycles. The highest BCUT2D eigenvalue weighted by molar-refractivity contribution is 5.73. The summed E-state index contributed by atoms with van der Waals surface area (Å²) in [5.41, 5.74) is 6.08. The molecule has 0 radical (unpaired) electrons. The van der Waals surface area contributed by atoms with Gasteiger partial charge in [0.1, 0.15) is 5.82 Å². The molecule has 1 aromatic carbocycles. The molecular weight excluding hydrogens is 195 g/mol. The van der Waals surface area contributed by atoms with Gasteiger partial charge in [0.25, 0.3) is 0 Å². The van der Waals surface area contributed by atoms with Gasteiger partial charge in [0, 0.05) is 6.54 Å². The number of rotatable bonds is 1. The van der Waals surface area contributed by atoms with Gasteiger partial charge in [-0.1, -0.05) is 12.1 Å². The van der Waals surface area contributed by atoms with E-state index in [0.717, 1.165) is 18.4 Å². The summed E-state index contributed by atoms with van der Waals surface area (Å²) in [4.78, 5) is 12.7. The second kappa shape index (κ2) is 3.88. The van der Waals surface area contributed by atoms with Crippen LogP contribution < -0.4 is 5.73 Å². The first-order valence-corrected chi connectivity index (χ1v) is 5.00. The van der Waals surface area contributed by atoms with Gasteiger partial charge in [-0.05, 0) is 30.5 Å². The Labute approximate surface area is 87.7 Å². The molecule has 0 aliphatic carbocycles. The summed E-state index contributed by atoms with van der Waals surface area (Å²) in [7, 11) is 0. The number of hydrogen-bond acceptors (Lipinski definition) is 1. The molecule has 1 heterocycles. The quantitative estimate of drug-likeness (QED) is 0.754. The number of carbonyl (C=O) groups is 1. The number of urea groups is 1. The zero-order valence-electron chi connectivity index (χ0n) is 8.32. The minimum atomic E-state index is -0.429. The number of halogens is 1. The van der Waals surface area contributed by atoms with E-state index in [1.165, 1.54) is 12.1 Å². The molecule has 1 fully saturated rings. The van der Waals surface area contributed by atoms with E-state index in [4.69, 9.17) is 5.73 Å². The maximum Gasteiger partial charge on any atom is 0.315 e. The SMILES string of the molecule is NC(=O)N1CCCC1c1cccc(F)c1. The van der Waals surface area contributed by atoms with Crippen molar-refractivity contribution < 1.29 is 9.18 Å². The molecular formula is C11H13FN2O. The molecule has 1 atom stereocenters. The molecule has 2 amide bonds. The Morgan fingerprint density at radius 3 is 3.00 bits per heavy atom. The molecule has 1 aromatic rings. The molecule has 1 aliphatic rings. The molecule has 4 heteroatoms. The number of amides is 2. The number of benzene rings is 1. The highest BCUT2D eigenvalue weighted by Crippen LogP contribution is 2.31. The van der Waals surface area contributed by atoms with E-state index in [9.17, 15) is 9.18 Å². The fraction of sp³-hybridized carbons (Fsp3) is 0.364. The summed E-state index contributed by atoms with van der Waals surface area (Å²) < 4.78 is 13.0. The van der Waals surface area contributed by atoms with Crippen LogP contribution in [0.15, 0.2) is 24.3 Å². The van der Waals surface area contributed by atoms with Gasteiger partial charge in [-0.25, -0.2) is 9.18 Å². The second-order valence-corrected chi connectivity index (χ2v) is 3.74. The van der Waals surface area contributed by atoms with Gasteiger partial charge in [-0.3, -0.25) is 0 Å². The maximum absolute atomic E-state index is 13.0. The molecule has 3 nitrogen and oxygen atoms in total. The summed E-state index contributed by atoms with van der Waals surface area (Å²) in [6, 6.07) is 5.86. The van der Waals surface area contributed by atoms with E-state index >= 15 is 0 Å². The van der Waals surface area contributed by atoms with E-state index in [1.54, 1.807) is 11.0 Å². The van der Waals surface area contributed by atoms with Gasteiger partial charge in [-0.2, -0.15) is 0 Å².